The third kappa shape index (κ3) is 6.07. The van der Waals surface area contributed by atoms with Crippen LogP contribution < -0.4 is 10.6 Å². The fourth-order valence-electron chi connectivity index (χ4n) is 2.75. The van der Waals surface area contributed by atoms with Crippen molar-refractivity contribution < 1.29 is 18.7 Å². The lowest BCUT2D eigenvalue weighted by atomic mass is 10.1. The summed E-state index contributed by atoms with van der Waals surface area (Å²) in [4.78, 5) is 27.9. The second-order valence-electron chi connectivity index (χ2n) is 7.49. The lowest BCUT2D eigenvalue weighted by molar-refractivity contribution is 0.0526. The molecule has 7 nitrogen and oxygen atoms in total. The maximum absolute atomic E-state index is 13.9. The number of hydrogen-bond donors (Lipinski definition) is 2. The normalized spacial score (nSPS) is 12.0. The zero-order valence-corrected chi connectivity index (χ0v) is 17.0. The van der Waals surface area contributed by atoms with Crippen molar-refractivity contribution in [2.24, 2.45) is 0 Å². The Kier molecular flexibility index (Phi) is 6.99. The highest BCUT2D eigenvalue weighted by atomic mass is 19.1. The van der Waals surface area contributed by atoms with E-state index < -0.39 is 29.5 Å². The van der Waals surface area contributed by atoms with Crippen LogP contribution >= 0.6 is 0 Å². The average Bonchev–Trinajstić information content (AvgIpc) is 3.03. The summed E-state index contributed by atoms with van der Waals surface area (Å²) in [6.07, 6.45) is -0.576. The van der Waals surface area contributed by atoms with Crippen LogP contribution in [0.25, 0.3) is 4.85 Å². The summed E-state index contributed by atoms with van der Waals surface area (Å²) in [6, 6.07) is 8.73. The standard InChI is InChI=1S/C21H25FN4O3/c1-14(15-8-6-7-9-16(15)22)25-19(27)17-10-11-18(23-5)26(17)13-12-24-20(28)29-21(2,3)4/h6-11,14H,12-13H2,1-4H3,(H,24,28)(H,25,27)/t14-/m0/s1. The molecule has 29 heavy (non-hydrogen) atoms. The number of aromatic nitrogens is 1. The minimum Gasteiger partial charge on any atom is -0.444 e. The van der Waals surface area contributed by atoms with E-state index >= 15 is 0 Å². The van der Waals surface area contributed by atoms with E-state index in [9.17, 15) is 14.0 Å². The first-order chi connectivity index (χ1) is 13.6. The van der Waals surface area contributed by atoms with Gasteiger partial charge >= 0.3 is 6.09 Å². The van der Waals surface area contributed by atoms with Crippen LogP contribution in [0.15, 0.2) is 36.4 Å². The van der Waals surface area contributed by atoms with Crippen molar-refractivity contribution in [1.29, 1.82) is 0 Å². The molecule has 0 aliphatic carbocycles. The van der Waals surface area contributed by atoms with E-state index in [0.717, 1.165) is 0 Å². The van der Waals surface area contributed by atoms with Gasteiger partial charge in [0.2, 0.25) is 5.82 Å². The summed E-state index contributed by atoms with van der Waals surface area (Å²) in [6.45, 7) is 14.6. The number of ether oxygens (including phenoxy) is 1. The molecule has 8 heteroatoms. The molecular weight excluding hydrogens is 375 g/mol. The Balaban J connectivity index is 2.07. The highest BCUT2D eigenvalue weighted by molar-refractivity contribution is 5.94. The zero-order chi connectivity index (χ0) is 21.6. The molecule has 0 saturated carbocycles. The first kappa shape index (κ1) is 22.0. The van der Waals surface area contributed by atoms with Gasteiger partial charge in [-0.05, 0) is 45.9 Å². The second kappa shape index (κ2) is 9.24. The Morgan fingerprint density at radius 2 is 1.93 bits per heavy atom. The van der Waals surface area contributed by atoms with E-state index in [1.807, 2.05) is 0 Å². The van der Waals surface area contributed by atoms with Gasteiger partial charge in [-0.15, -0.1) is 0 Å². The molecule has 1 aromatic carbocycles. The van der Waals surface area contributed by atoms with Crippen LogP contribution in [0.5, 0.6) is 0 Å². The number of halogens is 1. The lowest BCUT2D eigenvalue weighted by Gasteiger charge is -2.19. The number of alkyl carbamates (subject to hydrolysis) is 1. The van der Waals surface area contributed by atoms with E-state index in [2.05, 4.69) is 15.5 Å². The third-order valence-electron chi connectivity index (χ3n) is 4.03. The summed E-state index contributed by atoms with van der Waals surface area (Å²) in [5.74, 6) is -0.577. The summed E-state index contributed by atoms with van der Waals surface area (Å²) in [7, 11) is 0. The Bertz CT molecular complexity index is 925. The second-order valence-corrected chi connectivity index (χ2v) is 7.49. The fraction of sp³-hybridized carbons (Fsp3) is 0.381. The van der Waals surface area contributed by atoms with Crippen molar-refractivity contribution in [2.75, 3.05) is 6.54 Å². The number of nitrogens with zero attached hydrogens (tertiary/aromatic N) is 2. The molecule has 0 unspecified atom stereocenters. The van der Waals surface area contributed by atoms with Crippen molar-refractivity contribution in [3.05, 3.63) is 64.9 Å². The Hall–Kier alpha value is -3.34. The van der Waals surface area contributed by atoms with Crippen LogP contribution in [-0.2, 0) is 11.3 Å². The van der Waals surface area contributed by atoms with Gasteiger partial charge in [0.25, 0.3) is 5.91 Å². The maximum Gasteiger partial charge on any atom is 0.407 e. The van der Waals surface area contributed by atoms with Crippen LogP contribution in [0.3, 0.4) is 0 Å². The quantitative estimate of drug-likeness (QED) is 0.714. The highest BCUT2D eigenvalue weighted by Crippen LogP contribution is 2.20. The predicted octanol–water partition coefficient (Wildman–Crippen LogP) is 4.19. The van der Waals surface area contributed by atoms with Crippen LogP contribution in [0, 0.1) is 12.4 Å². The smallest absolute Gasteiger partial charge is 0.407 e. The van der Waals surface area contributed by atoms with Gasteiger partial charge in [0, 0.05) is 5.56 Å². The van der Waals surface area contributed by atoms with Crippen molar-refractivity contribution in [1.82, 2.24) is 15.2 Å². The van der Waals surface area contributed by atoms with Gasteiger partial charge in [-0.2, -0.15) is 0 Å². The summed E-state index contributed by atoms with van der Waals surface area (Å²) in [5, 5.41) is 5.35. The third-order valence-corrected chi connectivity index (χ3v) is 4.03. The monoisotopic (exact) mass is 400 g/mol. The van der Waals surface area contributed by atoms with E-state index in [0.29, 0.717) is 5.56 Å². The Labute approximate surface area is 169 Å². The van der Waals surface area contributed by atoms with E-state index in [-0.39, 0.29) is 24.6 Å². The van der Waals surface area contributed by atoms with Gasteiger partial charge in [-0.3, -0.25) is 9.36 Å². The number of carbonyl (C=O) groups excluding carboxylic acids is 2. The topological polar surface area (TPSA) is 76.7 Å². The molecule has 1 heterocycles. The molecule has 1 atom stereocenters. The molecular formula is C21H25FN4O3. The van der Waals surface area contributed by atoms with E-state index in [1.54, 1.807) is 45.9 Å². The van der Waals surface area contributed by atoms with Crippen LogP contribution in [0.1, 0.15) is 49.8 Å². The Morgan fingerprint density at radius 3 is 2.55 bits per heavy atom. The number of amides is 2. The summed E-state index contributed by atoms with van der Waals surface area (Å²) in [5.41, 5.74) is 0.00809. The van der Waals surface area contributed by atoms with E-state index in [1.165, 1.54) is 22.8 Å². The largest absolute Gasteiger partial charge is 0.444 e. The van der Waals surface area contributed by atoms with Crippen molar-refractivity contribution in [2.45, 2.75) is 45.9 Å². The van der Waals surface area contributed by atoms with Crippen LogP contribution in [-0.4, -0.2) is 28.7 Å². The van der Waals surface area contributed by atoms with Gasteiger partial charge in [-0.25, -0.2) is 9.18 Å². The summed E-state index contributed by atoms with van der Waals surface area (Å²) < 4.78 is 20.6. The summed E-state index contributed by atoms with van der Waals surface area (Å²) >= 11 is 0. The van der Waals surface area contributed by atoms with E-state index in [4.69, 9.17) is 11.3 Å². The van der Waals surface area contributed by atoms with Crippen LogP contribution in [0.2, 0.25) is 0 Å². The van der Waals surface area contributed by atoms with Crippen molar-refractivity contribution >= 4 is 17.8 Å². The molecule has 2 amide bonds. The van der Waals surface area contributed by atoms with Gasteiger partial charge in [0.1, 0.15) is 11.4 Å². The molecule has 0 bridgehead atoms. The fourth-order valence-corrected chi connectivity index (χ4v) is 2.75. The molecule has 1 aromatic heterocycles. The number of hydrogen-bond acceptors (Lipinski definition) is 3. The van der Waals surface area contributed by atoms with Gasteiger partial charge in [-0.1, -0.05) is 24.8 Å². The first-order valence-corrected chi connectivity index (χ1v) is 9.21. The molecule has 0 spiro atoms. The average molecular weight is 400 g/mol. The van der Waals surface area contributed by atoms with Crippen molar-refractivity contribution in [3.63, 3.8) is 0 Å². The molecule has 0 fully saturated rings. The highest BCUT2D eigenvalue weighted by Gasteiger charge is 2.22. The molecule has 2 N–H and O–H groups in total. The molecule has 0 aliphatic rings. The van der Waals surface area contributed by atoms with Crippen LogP contribution in [0.4, 0.5) is 15.0 Å². The number of benzene rings is 1. The molecule has 0 aliphatic heterocycles. The molecule has 2 rings (SSSR count). The molecule has 0 saturated heterocycles. The predicted molar refractivity (Wildman–Crippen MR) is 107 cm³/mol. The zero-order valence-electron chi connectivity index (χ0n) is 17.0. The Morgan fingerprint density at radius 1 is 1.24 bits per heavy atom. The lowest BCUT2D eigenvalue weighted by Crippen LogP contribution is -2.35. The van der Waals surface area contributed by atoms with Gasteiger partial charge in [0.15, 0.2) is 5.69 Å². The number of carbonyl (C=O) groups is 2. The van der Waals surface area contributed by atoms with Crippen molar-refractivity contribution in [3.8, 4) is 0 Å². The molecule has 154 valence electrons. The molecule has 0 radical (unpaired) electrons. The SMILES string of the molecule is [C-]#[N+]c1ccc(C(=O)N[C@@H](C)c2ccccc2F)n1CCNC(=O)OC(C)(C)C. The first-order valence-electron chi connectivity index (χ1n) is 9.21. The number of rotatable bonds is 6. The number of nitrogens with one attached hydrogen (secondary N) is 2. The van der Waals surface area contributed by atoms with Gasteiger partial charge < -0.3 is 20.2 Å². The minimum absolute atomic E-state index is 0.176. The molecule has 2 aromatic rings. The van der Waals surface area contributed by atoms with Gasteiger partial charge in [0.05, 0.1) is 19.1 Å². The maximum atomic E-state index is 13.9. The minimum atomic E-state index is -0.618.